The average Bonchev–Trinajstić information content (AvgIpc) is 3.40. The van der Waals surface area contributed by atoms with E-state index in [1.54, 1.807) is 7.05 Å². The van der Waals surface area contributed by atoms with Gasteiger partial charge in [-0.15, -0.1) is 24.0 Å². The van der Waals surface area contributed by atoms with E-state index in [0.29, 0.717) is 13.3 Å². The zero-order chi connectivity index (χ0) is 20.8. The van der Waals surface area contributed by atoms with E-state index in [-0.39, 0.29) is 24.0 Å². The molecular formula is C23H28IN5O2. The van der Waals surface area contributed by atoms with Gasteiger partial charge in [-0.25, -0.2) is 4.68 Å². The van der Waals surface area contributed by atoms with E-state index in [9.17, 15) is 0 Å². The molecule has 1 aliphatic rings. The van der Waals surface area contributed by atoms with Crippen molar-refractivity contribution in [2.24, 2.45) is 4.99 Å². The second-order valence-electron chi connectivity index (χ2n) is 7.16. The molecule has 0 atom stereocenters. The minimum absolute atomic E-state index is 0. The Balaban J connectivity index is 0.00000272. The van der Waals surface area contributed by atoms with Gasteiger partial charge in [0, 0.05) is 26.3 Å². The van der Waals surface area contributed by atoms with Crippen molar-refractivity contribution in [2.45, 2.75) is 26.3 Å². The predicted octanol–water partition coefficient (Wildman–Crippen LogP) is 3.83. The molecule has 2 heterocycles. The van der Waals surface area contributed by atoms with Crippen molar-refractivity contribution >= 4 is 29.9 Å². The summed E-state index contributed by atoms with van der Waals surface area (Å²) in [6.45, 7) is 3.85. The number of aryl methyl sites for hydroxylation is 2. The molecular weight excluding hydrogens is 505 g/mol. The summed E-state index contributed by atoms with van der Waals surface area (Å²) in [4.78, 5) is 4.30. The largest absolute Gasteiger partial charge is 0.454 e. The lowest BCUT2D eigenvalue weighted by molar-refractivity contribution is 0.174. The van der Waals surface area contributed by atoms with Crippen molar-refractivity contribution in [2.75, 3.05) is 20.4 Å². The Bertz CT molecular complexity index is 1020. The quantitative estimate of drug-likeness (QED) is 0.209. The number of para-hydroxylation sites is 1. The van der Waals surface area contributed by atoms with Crippen LogP contribution in [-0.2, 0) is 13.0 Å². The molecule has 0 unspecified atom stereocenters. The molecule has 3 aromatic rings. The highest BCUT2D eigenvalue weighted by atomic mass is 127. The van der Waals surface area contributed by atoms with Gasteiger partial charge in [-0.05, 0) is 55.2 Å². The SMILES string of the molecule is CN=C(NCCCc1cn(-c2ccccc2)nc1C)NCc1ccc2c(c1)OCO2.I. The first-order chi connectivity index (χ1) is 14.7. The maximum absolute atomic E-state index is 5.43. The molecule has 1 aliphatic heterocycles. The molecule has 2 N–H and O–H groups in total. The lowest BCUT2D eigenvalue weighted by atomic mass is 10.1. The molecule has 1 aromatic heterocycles. The molecule has 4 rings (SSSR count). The zero-order valence-electron chi connectivity index (χ0n) is 17.8. The molecule has 0 bridgehead atoms. The van der Waals surface area contributed by atoms with Gasteiger partial charge in [0.25, 0.3) is 0 Å². The second kappa shape index (κ2) is 11.0. The monoisotopic (exact) mass is 533 g/mol. The van der Waals surface area contributed by atoms with E-state index in [1.165, 1.54) is 5.56 Å². The fourth-order valence-corrected chi connectivity index (χ4v) is 3.40. The lowest BCUT2D eigenvalue weighted by Gasteiger charge is -2.12. The van der Waals surface area contributed by atoms with Crippen LogP contribution in [0.25, 0.3) is 5.69 Å². The number of halogens is 1. The molecule has 0 spiro atoms. The van der Waals surface area contributed by atoms with Crippen LogP contribution < -0.4 is 20.1 Å². The van der Waals surface area contributed by atoms with Crippen molar-refractivity contribution in [3.05, 3.63) is 71.5 Å². The summed E-state index contributed by atoms with van der Waals surface area (Å²) in [5.74, 6) is 2.38. The minimum Gasteiger partial charge on any atom is -0.454 e. The fraction of sp³-hybridized carbons (Fsp3) is 0.304. The third kappa shape index (κ3) is 5.90. The molecule has 0 radical (unpaired) electrons. The van der Waals surface area contributed by atoms with Crippen LogP contribution in [0.1, 0.15) is 23.2 Å². The van der Waals surface area contributed by atoms with E-state index < -0.39 is 0 Å². The van der Waals surface area contributed by atoms with Crippen LogP contribution in [0.15, 0.2) is 59.7 Å². The molecule has 164 valence electrons. The Kier molecular flexibility index (Phi) is 8.16. The highest BCUT2D eigenvalue weighted by molar-refractivity contribution is 14.0. The van der Waals surface area contributed by atoms with Gasteiger partial charge in [-0.3, -0.25) is 4.99 Å². The van der Waals surface area contributed by atoms with Gasteiger partial charge >= 0.3 is 0 Å². The third-order valence-electron chi connectivity index (χ3n) is 5.06. The average molecular weight is 533 g/mol. The molecule has 0 fully saturated rings. The molecule has 2 aromatic carbocycles. The normalized spacial score (nSPS) is 12.4. The summed E-state index contributed by atoms with van der Waals surface area (Å²) in [5.41, 5.74) is 4.54. The van der Waals surface area contributed by atoms with E-state index >= 15 is 0 Å². The van der Waals surface area contributed by atoms with Crippen molar-refractivity contribution in [3.8, 4) is 17.2 Å². The Morgan fingerprint density at radius 3 is 2.71 bits per heavy atom. The van der Waals surface area contributed by atoms with Crippen LogP contribution in [0.5, 0.6) is 11.5 Å². The number of guanidine groups is 1. The number of nitrogens with zero attached hydrogens (tertiary/aromatic N) is 3. The molecule has 0 saturated heterocycles. The Morgan fingerprint density at radius 1 is 1.10 bits per heavy atom. The Morgan fingerprint density at radius 2 is 1.90 bits per heavy atom. The highest BCUT2D eigenvalue weighted by Gasteiger charge is 2.13. The number of hydrogen-bond donors (Lipinski definition) is 2. The van der Waals surface area contributed by atoms with Crippen LogP contribution in [0.3, 0.4) is 0 Å². The van der Waals surface area contributed by atoms with Crippen LogP contribution in [0.4, 0.5) is 0 Å². The number of nitrogens with one attached hydrogen (secondary N) is 2. The van der Waals surface area contributed by atoms with E-state index in [2.05, 4.69) is 46.0 Å². The smallest absolute Gasteiger partial charge is 0.231 e. The summed E-state index contributed by atoms with van der Waals surface area (Å²) in [7, 11) is 1.78. The van der Waals surface area contributed by atoms with Crippen molar-refractivity contribution < 1.29 is 9.47 Å². The Labute approximate surface area is 199 Å². The van der Waals surface area contributed by atoms with E-state index in [0.717, 1.165) is 53.8 Å². The van der Waals surface area contributed by atoms with Crippen molar-refractivity contribution in [1.29, 1.82) is 0 Å². The van der Waals surface area contributed by atoms with Gasteiger partial charge < -0.3 is 20.1 Å². The van der Waals surface area contributed by atoms with E-state index in [4.69, 9.17) is 9.47 Å². The zero-order valence-corrected chi connectivity index (χ0v) is 20.1. The molecule has 7 nitrogen and oxygen atoms in total. The number of aromatic nitrogens is 2. The molecule has 8 heteroatoms. The number of aliphatic imine (C=N–C) groups is 1. The molecule has 0 saturated carbocycles. The first-order valence-electron chi connectivity index (χ1n) is 10.2. The van der Waals surface area contributed by atoms with Gasteiger partial charge in [0.2, 0.25) is 6.79 Å². The number of fused-ring (bicyclic) bond motifs is 1. The topological polar surface area (TPSA) is 72.7 Å². The first-order valence-corrected chi connectivity index (χ1v) is 10.2. The highest BCUT2D eigenvalue weighted by Crippen LogP contribution is 2.32. The first kappa shape index (κ1) is 22.9. The fourth-order valence-electron chi connectivity index (χ4n) is 3.40. The van der Waals surface area contributed by atoms with Crippen molar-refractivity contribution in [1.82, 2.24) is 20.4 Å². The van der Waals surface area contributed by atoms with Crippen LogP contribution >= 0.6 is 24.0 Å². The van der Waals surface area contributed by atoms with Crippen LogP contribution in [-0.4, -0.2) is 36.1 Å². The predicted molar refractivity (Wildman–Crippen MR) is 133 cm³/mol. The van der Waals surface area contributed by atoms with Crippen LogP contribution in [0.2, 0.25) is 0 Å². The van der Waals surface area contributed by atoms with Crippen molar-refractivity contribution in [3.63, 3.8) is 0 Å². The second-order valence-corrected chi connectivity index (χ2v) is 7.16. The number of rotatable bonds is 7. The summed E-state index contributed by atoms with van der Waals surface area (Å²) in [6, 6.07) is 16.2. The lowest BCUT2D eigenvalue weighted by Crippen LogP contribution is -2.37. The standard InChI is InChI=1S/C23H27N5O2.HI/c1-17-19(15-28(27-17)20-8-4-3-5-9-20)7-6-12-25-23(24-2)26-14-18-10-11-21-22(13-18)30-16-29-21;/h3-5,8-11,13,15H,6-7,12,14,16H2,1-2H3,(H2,24,25,26);1H. The maximum Gasteiger partial charge on any atom is 0.231 e. The van der Waals surface area contributed by atoms with Gasteiger partial charge in [-0.2, -0.15) is 5.10 Å². The van der Waals surface area contributed by atoms with Gasteiger partial charge in [-0.1, -0.05) is 24.3 Å². The third-order valence-corrected chi connectivity index (χ3v) is 5.06. The number of ether oxygens (including phenoxy) is 2. The molecule has 0 amide bonds. The number of benzene rings is 2. The summed E-state index contributed by atoms with van der Waals surface area (Å²) in [6.07, 6.45) is 4.08. The molecule has 31 heavy (non-hydrogen) atoms. The number of hydrogen-bond acceptors (Lipinski definition) is 4. The van der Waals surface area contributed by atoms with Gasteiger partial charge in [0.1, 0.15) is 0 Å². The molecule has 0 aliphatic carbocycles. The van der Waals surface area contributed by atoms with Gasteiger partial charge in [0.05, 0.1) is 11.4 Å². The van der Waals surface area contributed by atoms with E-state index in [1.807, 2.05) is 41.1 Å². The van der Waals surface area contributed by atoms with Crippen LogP contribution in [0, 0.1) is 6.92 Å². The summed E-state index contributed by atoms with van der Waals surface area (Å²) < 4.78 is 12.7. The minimum atomic E-state index is 0. The van der Waals surface area contributed by atoms with Gasteiger partial charge in [0.15, 0.2) is 17.5 Å². The maximum atomic E-state index is 5.43. The summed E-state index contributed by atoms with van der Waals surface area (Å²) >= 11 is 0. The Hall–Kier alpha value is -2.75. The summed E-state index contributed by atoms with van der Waals surface area (Å²) in [5, 5.41) is 11.4.